The predicted molar refractivity (Wildman–Crippen MR) is 170 cm³/mol. The van der Waals surface area contributed by atoms with Gasteiger partial charge in [-0.25, -0.2) is 0 Å². The summed E-state index contributed by atoms with van der Waals surface area (Å²) in [6.07, 6.45) is -0.106. The lowest BCUT2D eigenvalue weighted by atomic mass is 10.1. The van der Waals surface area contributed by atoms with Crippen molar-refractivity contribution in [2.24, 2.45) is 0 Å². The van der Waals surface area contributed by atoms with Gasteiger partial charge in [-0.2, -0.15) is 0 Å². The van der Waals surface area contributed by atoms with Crippen molar-refractivity contribution in [3.63, 3.8) is 0 Å². The second kappa shape index (κ2) is 27.2. The molecule has 1 atom stereocenters. The largest absolute Gasteiger partial charge is 0.481 e. The third-order valence-electron chi connectivity index (χ3n) is 6.43. The van der Waals surface area contributed by atoms with E-state index >= 15 is 0 Å². The number of carbonyl (C=O) groups is 7. The van der Waals surface area contributed by atoms with E-state index in [2.05, 4.69) is 42.5 Å². The molecule has 0 spiro atoms. The van der Waals surface area contributed by atoms with Crippen molar-refractivity contribution < 1.29 is 48.9 Å². The average molecular weight is 677 g/mol. The molecule has 0 aromatic rings. The molecule has 0 heterocycles. The minimum Gasteiger partial charge on any atom is -0.481 e. The molecule has 0 aromatic heterocycles. The average Bonchev–Trinajstić information content (AvgIpc) is 3.01. The molecule has 11 N–H and O–H groups in total. The molecule has 0 aromatic carbocycles. The number of carboxylic acids is 3. The van der Waals surface area contributed by atoms with Crippen molar-refractivity contribution in [1.82, 2.24) is 52.3 Å². The molecule has 0 aliphatic heterocycles. The van der Waals surface area contributed by atoms with E-state index in [9.17, 15) is 38.7 Å². The van der Waals surface area contributed by atoms with Crippen molar-refractivity contribution >= 4 is 41.5 Å². The monoisotopic (exact) mass is 676 g/mol. The van der Waals surface area contributed by atoms with Gasteiger partial charge in [0.2, 0.25) is 23.6 Å². The lowest BCUT2D eigenvalue weighted by Crippen LogP contribution is -2.49. The van der Waals surface area contributed by atoms with Gasteiger partial charge in [-0.15, -0.1) is 0 Å². The summed E-state index contributed by atoms with van der Waals surface area (Å²) in [6.45, 7) is 3.63. The zero-order chi connectivity index (χ0) is 35.5. The molecule has 0 radical (unpaired) electrons. The van der Waals surface area contributed by atoms with E-state index in [1.807, 2.05) is 0 Å². The Morgan fingerprint density at radius 1 is 0.553 bits per heavy atom. The zero-order valence-corrected chi connectivity index (χ0v) is 27.2. The van der Waals surface area contributed by atoms with Gasteiger partial charge >= 0.3 is 17.9 Å². The van der Waals surface area contributed by atoms with E-state index in [0.717, 1.165) is 0 Å². The Bertz CT molecular complexity index is 988. The van der Waals surface area contributed by atoms with Crippen molar-refractivity contribution in [2.75, 3.05) is 112 Å². The molecule has 0 saturated carbocycles. The SMILES string of the molecule is CNC(=O)CN(CCNCCNCC(=O)NCCCNC(=O)CNCCNCCN(CC(=O)NC)C(CC(=O)O)C(=O)O)CC(=O)O. The van der Waals surface area contributed by atoms with Crippen LogP contribution in [0.25, 0.3) is 0 Å². The quantitative estimate of drug-likeness (QED) is 0.0316. The number of carboxylic acid groups (broad SMARTS) is 3. The number of nitrogens with zero attached hydrogens (tertiary/aromatic N) is 2. The fraction of sp³-hybridized carbons (Fsp3) is 0.741. The molecule has 0 aliphatic carbocycles. The first-order chi connectivity index (χ1) is 22.4. The van der Waals surface area contributed by atoms with Crippen molar-refractivity contribution in [1.29, 1.82) is 0 Å². The highest BCUT2D eigenvalue weighted by Crippen LogP contribution is 2.05. The predicted octanol–water partition coefficient (Wildman–Crippen LogP) is -5.92. The van der Waals surface area contributed by atoms with Crippen LogP contribution in [0, 0.1) is 0 Å². The van der Waals surface area contributed by atoms with Gasteiger partial charge in [0, 0.05) is 79.5 Å². The Kier molecular flexibility index (Phi) is 24.9. The third kappa shape index (κ3) is 24.9. The zero-order valence-electron chi connectivity index (χ0n) is 27.2. The van der Waals surface area contributed by atoms with E-state index in [1.54, 1.807) is 0 Å². The minimum absolute atomic E-state index is 0.00840. The topological polar surface area (TPSA) is 283 Å². The first-order valence-corrected chi connectivity index (χ1v) is 15.3. The number of amides is 4. The lowest BCUT2D eigenvalue weighted by Gasteiger charge is -2.27. The van der Waals surface area contributed by atoms with Crippen LogP contribution in [0.4, 0.5) is 0 Å². The normalized spacial score (nSPS) is 11.6. The lowest BCUT2D eigenvalue weighted by molar-refractivity contribution is -0.150. The van der Waals surface area contributed by atoms with Crippen LogP contribution in [0.3, 0.4) is 0 Å². The molecule has 1 unspecified atom stereocenters. The van der Waals surface area contributed by atoms with Gasteiger partial charge in [-0.1, -0.05) is 0 Å². The van der Waals surface area contributed by atoms with Gasteiger partial charge in [0.1, 0.15) is 6.04 Å². The minimum atomic E-state index is -1.35. The Labute approximate surface area is 274 Å². The first kappa shape index (κ1) is 43.0. The maximum Gasteiger partial charge on any atom is 0.321 e. The maximum atomic E-state index is 12.0. The van der Waals surface area contributed by atoms with Crippen LogP contribution in [0.15, 0.2) is 0 Å². The summed E-state index contributed by atoms with van der Waals surface area (Å²) in [7, 11) is 2.89. The van der Waals surface area contributed by atoms with E-state index in [1.165, 1.54) is 23.9 Å². The van der Waals surface area contributed by atoms with E-state index in [4.69, 9.17) is 10.2 Å². The van der Waals surface area contributed by atoms with Crippen molar-refractivity contribution in [2.45, 2.75) is 18.9 Å². The van der Waals surface area contributed by atoms with Crippen LogP contribution >= 0.6 is 0 Å². The summed E-state index contributed by atoms with van der Waals surface area (Å²) < 4.78 is 0. The fourth-order valence-electron chi connectivity index (χ4n) is 3.97. The second-order valence-electron chi connectivity index (χ2n) is 10.3. The number of nitrogens with one attached hydrogen (secondary N) is 8. The Morgan fingerprint density at radius 3 is 1.51 bits per heavy atom. The smallest absolute Gasteiger partial charge is 0.321 e. The number of carbonyl (C=O) groups excluding carboxylic acids is 4. The van der Waals surface area contributed by atoms with Gasteiger partial charge < -0.3 is 57.9 Å². The number of likely N-dealkylation sites (N-methyl/N-ethyl adjacent to an activating group) is 2. The van der Waals surface area contributed by atoms with Gasteiger partial charge in [0.05, 0.1) is 39.1 Å². The van der Waals surface area contributed by atoms with Gasteiger partial charge in [0.25, 0.3) is 0 Å². The molecule has 4 amide bonds. The first-order valence-electron chi connectivity index (χ1n) is 15.3. The van der Waals surface area contributed by atoms with Gasteiger partial charge in [0.15, 0.2) is 0 Å². The van der Waals surface area contributed by atoms with Crippen LogP contribution in [-0.2, 0) is 33.6 Å². The van der Waals surface area contributed by atoms with Crippen LogP contribution in [0.5, 0.6) is 0 Å². The van der Waals surface area contributed by atoms with E-state index in [-0.39, 0.29) is 57.0 Å². The Morgan fingerprint density at radius 2 is 1.04 bits per heavy atom. The van der Waals surface area contributed by atoms with E-state index < -0.39 is 36.3 Å². The van der Waals surface area contributed by atoms with Crippen molar-refractivity contribution in [3.05, 3.63) is 0 Å². The highest BCUT2D eigenvalue weighted by molar-refractivity contribution is 5.83. The number of aliphatic carboxylic acids is 3. The van der Waals surface area contributed by atoms with Crippen LogP contribution in [0.2, 0.25) is 0 Å². The summed E-state index contributed by atoms with van der Waals surface area (Å²) in [4.78, 5) is 83.4. The third-order valence-corrected chi connectivity index (χ3v) is 6.43. The summed E-state index contributed by atoms with van der Waals surface area (Å²) in [6, 6.07) is -1.35. The van der Waals surface area contributed by atoms with Crippen LogP contribution in [-0.4, -0.2) is 185 Å². The summed E-state index contributed by atoms with van der Waals surface area (Å²) in [5.41, 5.74) is 0. The summed E-state index contributed by atoms with van der Waals surface area (Å²) in [5.74, 6) is -4.75. The van der Waals surface area contributed by atoms with E-state index in [0.29, 0.717) is 65.3 Å². The number of rotatable bonds is 30. The molecule has 0 saturated heterocycles. The molecule has 0 bridgehead atoms. The summed E-state index contributed by atoms with van der Waals surface area (Å²) in [5, 5.41) is 49.8. The van der Waals surface area contributed by atoms with Gasteiger partial charge in [-0.3, -0.25) is 43.4 Å². The highest BCUT2D eigenvalue weighted by Gasteiger charge is 2.29. The molecular weight excluding hydrogens is 624 g/mol. The molecular formula is C27H52N10O10. The Hall–Kier alpha value is -3.95. The van der Waals surface area contributed by atoms with Crippen molar-refractivity contribution in [3.8, 4) is 0 Å². The molecule has 0 fully saturated rings. The maximum absolute atomic E-state index is 12.0. The Balaban J connectivity index is 3.91. The molecule has 47 heavy (non-hydrogen) atoms. The van der Waals surface area contributed by atoms with Crippen LogP contribution in [0.1, 0.15) is 12.8 Å². The highest BCUT2D eigenvalue weighted by atomic mass is 16.4. The van der Waals surface area contributed by atoms with Crippen LogP contribution < -0.4 is 42.5 Å². The molecule has 20 nitrogen and oxygen atoms in total. The standard InChI is InChI=1S/C27H52N10O10/c1-28-23(40)17-36(19-26(44)45)12-10-30-6-8-32-15-21(38)34-4-3-5-35-22(39)16-33-9-7-31-11-13-37(18-24(41)29-2)20(27(46)47)14-25(42)43/h20,30-33H,3-19H2,1-2H3,(H,28,40)(H,29,41)(H,34,38)(H,35,39)(H,42,43)(H,44,45)(H,46,47). The molecule has 0 aliphatic rings. The fourth-order valence-corrected chi connectivity index (χ4v) is 3.97. The molecule has 20 heteroatoms. The van der Waals surface area contributed by atoms with Gasteiger partial charge in [-0.05, 0) is 6.42 Å². The summed E-state index contributed by atoms with van der Waals surface area (Å²) >= 11 is 0. The number of hydrogen-bond donors (Lipinski definition) is 11. The molecule has 270 valence electrons. The molecule has 0 rings (SSSR count). The number of hydrogen-bond acceptors (Lipinski definition) is 13. The second-order valence-corrected chi connectivity index (χ2v) is 10.3.